The van der Waals surface area contributed by atoms with Crippen LogP contribution in [0.5, 0.6) is 0 Å². The lowest BCUT2D eigenvalue weighted by Gasteiger charge is -2.04. The molecule has 0 aliphatic rings. The molecule has 3 N–H and O–H groups in total. The summed E-state index contributed by atoms with van der Waals surface area (Å²) >= 11 is 0. The van der Waals surface area contributed by atoms with Crippen LogP contribution in [-0.4, -0.2) is 10.9 Å². The van der Waals surface area contributed by atoms with E-state index in [2.05, 4.69) is 10.3 Å². The number of pyridine rings is 1. The number of carbonyl (C=O) groups is 1. The molecular formula is C8H11N3O. The number of nitrogens with two attached hydrogens (primary N) is 1. The second-order valence-electron chi connectivity index (χ2n) is 2.57. The molecule has 1 amide bonds. The van der Waals surface area contributed by atoms with Gasteiger partial charge in [-0.15, -0.1) is 0 Å². The van der Waals surface area contributed by atoms with Crippen molar-refractivity contribution >= 4 is 17.4 Å². The van der Waals surface area contributed by atoms with Crippen LogP contribution in [-0.2, 0) is 4.79 Å². The first-order chi connectivity index (χ1) is 5.59. The molecule has 1 heterocycles. The first kappa shape index (κ1) is 8.52. The predicted octanol–water partition coefficient (Wildman–Crippen LogP) is 0.931. The SMILES string of the molecule is CC(=O)Nc1nc(C)ccc1N. The number of nitrogen functional groups attached to an aromatic ring is 1. The third kappa shape index (κ3) is 1.95. The van der Waals surface area contributed by atoms with Crippen LogP contribution in [0.1, 0.15) is 12.6 Å². The van der Waals surface area contributed by atoms with Gasteiger partial charge in [-0.3, -0.25) is 4.79 Å². The van der Waals surface area contributed by atoms with Crippen LogP contribution < -0.4 is 11.1 Å². The minimum Gasteiger partial charge on any atom is -0.396 e. The Hall–Kier alpha value is -1.58. The summed E-state index contributed by atoms with van der Waals surface area (Å²) in [5.74, 6) is 0.266. The molecule has 4 heteroatoms. The van der Waals surface area contributed by atoms with E-state index in [0.717, 1.165) is 5.69 Å². The molecule has 1 aromatic rings. The Bertz CT molecular complexity index is 309. The average molecular weight is 165 g/mol. The molecule has 0 aliphatic heterocycles. The fourth-order valence-corrected chi connectivity index (χ4v) is 0.834. The number of anilines is 2. The van der Waals surface area contributed by atoms with Gasteiger partial charge in [0.05, 0.1) is 5.69 Å². The van der Waals surface area contributed by atoms with Crippen LogP contribution in [0.15, 0.2) is 12.1 Å². The Kier molecular flexibility index (Phi) is 2.28. The zero-order valence-corrected chi connectivity index (χ0v) is 7.09. The van der Waals surface area contributed by atoms with Gasteiger partial charge in [-0.05, 0) is 19.1 Å². The van der Waals surface area contributed by atoms with Crippen molar-refractivity contribution in [3.8, 4) is 0 Å². The van der Waals surface area contributed by atoms with Crippen LogP contribution in [0.25, 0.3) is 0 Å². The Labute approximate surface area is 70.8 Å². The number of hydrogen-bond donors (Lipinski definition) is 2. The molecule has 0 spiro atoms. The maximum Gasteiger partial charge on any atom is 0.222 e. The highest BCUT2D eigenvalue weighted by Gasteiger charge is 2.01. The van der Waals surface area contributed by atoms with Crippen molar-refractivity contribution in [2.24, 2.45) is 0 Å². The quantitative estimate of drug-likeness (QED) is 0.650. The summed E-state index contributed by atoms with van der Waals surface area (Å²) in [5.41, 5.74) is 6.87. The van der Waals surface area contributed by atoms with Gasteiger partial charge in [0.1, 0.15) is 0 Å². The van der Waals surface area contributed by atoms with Gasteiger partial charge in [0.25, 0.3) is 0 Å². The van der Waals surface area contributed by atoms with E-state index in [9.17, 15) is 4.79 Å². The molecular weight excluding hydrogens is 154 g/mol. The summed E-state index contributed by atoms with van der Waals surface area (Å²) in [4.78, 5) is 14.7. The van der Waals surface area contributed by atoms with E-state index in [4.69, 9.17) is 5.73 Å². The number of hydrogen-bond acceptors (Lipinski definition) is 3. The first-order valence-corrected chi connectivity index (χ1v) is 3.60. The number of nitrogens with zero attached hydrogens (tertiary/aromatic N) is 1. The molecule has 4 nitrogen and oxygen atoms in total. The Morgan fingerprint density at radius 1 is 1.58 bits per heavy atom. The van der Waals surface area contributed by atoms with Crippen LogP contribution in [0, 0.1) is 6.92 Å². The lowest BCUT2D eigenvalue weighted by molar-refractivity contribution is -0.114. The maximum atomic E-state index is 10.7. The smallest absolute Gasteiger partial charge is 0.222 e. The van der Waals surface area contributed by atoms with Gasteiger partial charge in [-0.25, -0.2) is 4.98 Å². The first-order valence-electron chi connectivity index (χ1n) is 3.60. The third-order valence-electron chi connectivity index (χ3n) is 1.36. The molecule has 64 valence electrons. The fourth-order valence-electron chi connectivity index (χ4n) is 0.834. The van der Waals surface area contributed by atoms with E-state index in [-0.39, 0.29) is 5.91 Å². The summed E-state index contributed by atoms with van der Waals surface area (Å²) in [6.07, 6.45) is 0. The topological polar surface area (TPSA) is 68.0 Å². The summed E-state index contributed by atoms with van der Waals surface area (Å²) in [5, 5.41) is 2.54. The maximum absolute atomic E-state index is 10.7. The number of nitrogens with one attached hydrogen (secondary N) is 1. The average Bonchev–Trinajstić information content (AvgIpc) is 1.96. The van der Waals surface area contributed by atoms with Crippen LogP contribution in [0.3, 0.4) is 0 Å². The van der Waals surface area contributed by atoms with Crippen molar-refractivity contribution in [2.75, 3.05) is 11.1 Å². The zero-order valence-electron chi connectivity index (χ0n) is 7.09. The van der Waals surface area contributed by atoms with Gasteiger partial charge in [-0.1, -0.05) is 0 Å². The number of amides is 1. The highest BCUT2D eigenvalue weighted by Crippen LogP contribution is 2.14. The van der Waals surface area contributed by atoms with Crippen molar-refractivity contribution in [2.45, 2.75) is 13.8 Å². The normalized spacial score (nSPS) is 9.50. The van der Waals surface area contributed by atoms with Gasteiger partial charge in [0.2, 0.25) is 5.91 Å². The Morgan fingerprint density at radius 3 is 2.83 bits per heavy atom. The molecule has 0 saturated heterocycles. The van der Waals surface area contributed by atoms with Crippen molar-refractivity contribution in [3.05, 3.63) is 17.8 Å². The van der Waals surface area contributed by atoms with Gasteiger partial charge in [-0.2, -0.15) is 0 Å². The molecule has 0 bridgehead atoms. The molecule has 0 atom stereocenters. The van der Waals surface area contributed by atoms with Crippen molar-refractivity contribution in [1.82, 2.24) is 4.98 Å². The number of aromatic nitrogens is 1. The number of carbonyl (C=O) groups excluding carboxylic acids is 1. The third-order valence-corrected chi connectivity index (χ3v) is 1.36. The molecule has 0 radical (unpaired) electrons. The standard InChI is InChI=1S/C8H11N3O/c1-5-3-4-7(9)8(10-5)11-6(2)12/h3-4H,9H2,1-2H3,(H,10,11,12). The number of aryl methyl sites for hydroxylation is 1. The zero-order chi connectivity index (χ0) is 9.14. The predicted molar refractivity (Wildman–Crippen MR) is 47.7 cm³/mol. The second kappa shape index (κ2) is 3.21. The van der Waals surface area contributed by atoms with E-state index in [1.807, 2.05) is 6.92 Å². The highest BCUT2D eigenvalue weighted by atomic mass is 16.1. The lowest BCUT2D eigenvalue weighted by Crippen LogP contribution is -2.10. The van der Waals surface area contributed by atoms with Crippen LogP contribution in [0.4, 0.5) is 11.5 Å². The molecule has 0 unspecified atom stereocenters. The van der Waals surface area contributed by atoms with Gasteiger partial charge in [0.15, 0.2) is 5.82 Å². The Balaban J connectivity index is 2.97. The van der Waals surface area contributed by atoms with Gasteiger partial charge < -0.3 is 11.1 Å². The van der Waals surface area contributed by atoms with E-state index >= 15 is 0 Å². The Morgan fingerprint density at radius 2 is 2.25 bits per heavy atom. The monoisotopic (exact) mass is 165 g/mol. The summed E-state index contributed by atoms with van der Waals surface area (Å²) < 4.78 is 0. The minimum atomic E-state index is -0.167. The molecule has 1 aromatic heterocycles. The van der Waals surface area contributed by atoms with E-state index < -0.39 is 0 Å². The van der Waals surface area contributed by atoms with Crippen LogP contribution in [0.2, 0.25) is 0 Å². The molecule has 0 aliphatic carbocycles. The van der Waals surface area contributed by atoms with Gasteiger partial charge >= 0.3 is 0 Å². The summed E-state index contributed by atoms with van der Waals surface area (Å²) in [6.45, 7) is 3.26. The summed E-state index contributed by atoms with van der Waals surface area (Å²) in [7, 11) is 0. The van der Waals surface area contributed by atoms with Gasteiger partial charge in [0, 0.05) is 12.6 Å². The van der Waals surface area contributed by atoms with Crippen molar-refractivity contribution in [3.63, 3.8) is 0 Å². The molecule has 0 aromatic carbocycles. The van der Waals surface area contributed by atoms with E-state index in [1.54, 1.807) is 12.1 Å². The molecule has 1 rings (SSSR count). The lowest BCUT2D eigenvalue weighted by atomic mass is 10.3. The second-order valence-corrected chi connectivity index (χ2v) is 2.57. The van der Waals surface area contributed by atoms with E-state index in [0.29, 0.717) is 11.5 Å². The van der Waals surface area contributed by atoms with Crippen molar-refractivity contribution < 1.29 is 4.79 Å². The molecule has 0 saturated carbocycles. The fraction of sp³-hybridized carbons (Fsp3) is 0.250. The van der Waals surface area contributed by atoms with Crippen molar-refractivity contribution in [1.29, 1.82) is 0 Å². The largest absolute Gasteiger partial charge is 0.396 e. The van der Waals surface area contributed by atoms with E-state index in [1.165, 1.54) is 6.92 Å². The molecule has 0 fully saturated rings. The molecule has 12 heavy (non-hydrogen) atoms. The number of rotatable bonds is 1. The minimum absolute atomic E-state index is 0.167. The summed E-state index contributed by atoms with van der Waals surface area (Å²) in [6, 6.07) is 3.51. The van der Waals surface area contributed by atoms with Crippen LogP contribution >= 0.6 is 0 Å². The highest BCUT2D eigenvalue weighted by molar-refractivity contribution is 5.90.